The van der Waals surface area contributed by atoms with Crippen LogP contribution < -0.4 is 11.1 Å². The highest BCUT2D eigenvalue weighted by Crippen LogP contribution is 2.24. The average molecular weight is 415 g/mol. The molecule has 0 aliphatic heterocycles. The van der Waals surface area contributed by atoms with E-state index in [4.69, 9.17) is 5.73 Å². The molecule has 0 aliphatic carbocycles. The van der Waals surface area contributed by atoms with Gasteiger partial charge in [0.1, 0.15) is 6.04 Å². The van der Waals surface area contributed by atoms with Crippen molar-refractivity contribution in [3.63, 3.8) is 0 Å². The van der Waals surface area contributed by atoms with Crippen molar-refractivity contribution < 1.29 is 9.59 Å². The number of benzene rings is 2. The summed E-state index contributed by atoms with van der Waals surface area (Å²) in [5, 5.41) is 15.0. The van der Waals surface area contributed by atoms with Crippen LogP contribution in [0.25, 0.3) is 11.4 Å². The van der Waals surface area contributed by atoms with Crippen molar-refractivity contribution in [1.82, 2.24) is 20.2 Å². The Balaban J connectivity index is 1.73. The van der Waals surface area contributed by atoms with Crippen molar-refractivity contribution in [3.05, 3.63) is 58.6 Å². The molecule has 1 heterocycles. The summed E-state index contributed by atoms with van der Waals surface area (Å²) in [6.07, 6.45) is 0. The molecule has 1 aromatic heterocycles. The minimum Gasteiger partial charge on any atom is -0.366 e. The molecule has 2 amide bonds. The lowest BCUT2D eigenvalue weighted by atomic mass is 10.2. The quantitative estimate of drug-likeness (QED) is 0.664. The Morgan fingerprint density at radius 3 is 2.50 bits per heavy atom. The number of tetrazole rings is 1. The van der Waals surface area contributed by atoms with Crippen molar-refractivity contribution >= 4 is 33.4 Å². The zero-order valence-corrected chi connectivity index (χ0v) is 15.3. The van der Waals surface area contributed by atoms with Crippen LogP contribution in [0.1, 0.15) is 23.3 Å². The minimum atomic E-state index is -0.672. The Morgan fingerprint density at radius 1 is 1.15 bits per heavy atom. The van der Waals surface area contributed by atoms with Gasteiger partial charge < -0.3 is 11.1 Å². The first-order chi connectivity index (χ1) is 12.5. The van der Waals surface area contributed by atoms with Crippen molar-refractivity contribution in [2.75, 3.05) is 5.32 Å². The first kappa shape index (κ1) is 17.7. The molecule has 0 fully saturated rings. The number of amides is 2. The van der Waals surface area contributed by atoms with Crippen LogP contribution in [0, 0.1) is 0 Å². The van der Waals surface area contributed by atoms with E-state index in [0.717, 1.165) is 10.0 Å². The maximum atomic E-state index is 12.4. The summed E-state index contributed by atoms with van der Waals surface area (Å²) in [6.45, 7) is 1.67. The lowest BCUT2D eigenvalue weighted by Crippen LogP contribution is -2.25. The van der Waals surface area contributed by atoms with Crippen LogP contribution in [0.5, 0.6) is 0 Å². The summed E-state index contributed by atoms with van der Waals surface area (Å²) in [5.41, 5.74) is 6.89. The molecule has 3 N–H and O–H groups in total. The molecule has 0 bridgehead atoms. The van der Waals surface area contributed by atoms with Crippen LogP contribution in [0.3, 0.4) is 0 Å². The van der Waals surface area contributed by atoms with Gasteiger partial charge in [-0.2, -0.15) is 4.80 Å². The first-order valence-electron chi connectivity index (χ1n) is 7.71. The lowest BCUT2D eigenvalue weighted by Gasteiger charge is -2.11. The van der Waals surface area contributed by atoms with Gasteiger partial charge in [0.15, 0.2) is 0 Å². The molecule has 26 heavy (non-hydrogen) atoms. The van der Waals surface area contributed by atoms with E-state index in [1.165, 1.54) is 4.80 Å². The first-order valence-corrected chi connectivity index (χ1v) is 8.50. The second-order valence-electron chi connectivity index (χ2n) is 5.52. The molecule has 1 atom stereocenters. The summed E-state index contributed by atoms with van der Waals surface area (Å²) in [6, 6.07) is 13.1. The second kappa shape index (κ2) is 7.44. The average Bonchev–Trinajstić information content (AvgIpc) is 3.11. The van der Waals surface area contributed by atoms with Crippen LogP contribution in [0.15, 0.2) is 53.0 Å². The van der Waals surface area contributed by atoms with Gasteiger partial charge in [0.25, 0.3) is 5.91 Å². The van der Waals surface area contributed by atoms with Gasteiger partial charge in [0, 0.05) is 21.3 Å². The number of hydrogen-bond acceptors (Lipinski definition) is 5. The van der Waals surface area contributed by atoms with E-state index in [9.17, 15) is 9.59 Å². The van der Waals surface area contributed by atoms with E-state index < -0.39 is 11.9 Å². The SMILES string of the molecule is C[C@@H](C(=O)Nc1ccc(C(N)=O)cc1)n1nnc(-c2ccccc2Br)n1. The number of nitrogens with two attached hydrogens (primary N) is 1. The Morgan fingerprint density at radius 2 is 1.85 bits per heavy atom. The van der Waals surface area contributed by atoms with E-state index >= 15 is 0 Å². The van der Waals surface area contributed by atoms with Gasteiger partial charge in [-0.1, -0.05) is 28.1 Å². The third-order valence-corrected chi connectivity index (χ3v) is 4.40. The number of hydrogen-bond donors (Lipinski definition) is 2. The predicted molar refractivity (Wildman–Crippen MR) is 99.3 cm³/mol. The monoisotopic (exact) mass is 414 g/mol. The van der Waals surface area contributed by atoms with Crippen LogP contribution in [-0.2, 0) is 4.79 Å². The van der Waals surface area contributed by atoms with Gasteiger partial charge in [-0.3, -0.25) is 9.59 Å². The third kappa shape index (κ3) is 3.77. The van der Waals surface area contributed by atoms with E-state index in [1.807, 2.05) is 24.3 Å². The number of carbonyl (C=O) groups is 2. The molecule has 0 radical (unpaired) electrons. The van der Waals surface area contributed by atoms with Crippen molar-refractivity contribution in [2.45, 2.75) is 13.0 Å². The fraction of sp³-hybridized carbons (Fsp3) is 0.118. The molecule has 3 aromatic rings. The number of carbonyl (C=O) groups excluding carboxylic acids is 2. The van der Waals surface area contributed by atoms with Gasteiger partial charge in [-0.25, -0.2) is 0 Å². The smallest absolute Gasteiger partial charge is 0.250 e. The minimum absolute atomic E-state index is 0.312. The molecule has 9 heteroatoms. The van der Waals surface area contributed by atoms with E-state index in [-0.39, 0.29) is 5.91 Å². The molecule has 0 saturated heterocycles. The van der Waals surface area contributed by atoms with E-state index in [2.05, 4.69) is 36.7 Å². The Hall–Kier alpha value is -3.07. The van der Waals surface area contributed by atoms with Crippen LogP contribution in [0.2, 0.25) is 0 Å². The van der Waals surface area contributed by atoms with Gasteiger partial charge in [-0.05, 0) is 48.5 Å². The number of rotatable bonds is 5. The number of nitrogens with one attached hydrogen (secondary N) is 1. The number of anilines is 1. The van der Waals surface area contributed by atoms with E-state index in [1.54, 1.807) is 31.2 Å². The highest BCUT2D eigenvalue weighted by molar-refractivity contribution is 9.10. The summed E-state index contributed by atoms with van der Waals surface area (Å²) < 4.78 is 0.839. The fourth-order valence-electron chi connectivity index (χ4n) is 2.21. The summed E-state index contributed by atoms with van der Waals surface area (Å²) in [4.78, 5) is 24.7. The molecule has 3 rings (SSSR count). The van der Waals surface area contributed by atoms with E-state index in [0.29, 0.717) is 17.1 Å². The van der Waals surface area contributed by atoms with Crippen molar-refractivity contribution in [2.24, 2.45) is 5.73 Å². The Kier molecular flexibility index (Phi) is 5.08. The molecular formula is C17H15BrN6O2. The van der Waals surface area contributed by atoms with Crippen LogP contribution >= 0.6 is 15.9 Å². The van der Waals surface area contributed by atoms with Gasteiger partial charge >= 0.3 is 0 Å². The largest absolute Gasteiger partial charge is 0.366 e. The molecule has 8 nitrogen and oxygen atoms in total. The van der Waals surface area contributed by atoms with Crippen LogP contribution in [-0.4, -0.2) is 32.0 Å². The number of nitrogens with zero attached hydrogens (tertiary/aromatic N) is 4. The molecule has 132 valence electrons. The molecule has 0 aliphatic rings. The predicted octanol–water partition coefficient (Wildman–Crippen LogP) is 2.40. The van der Waals surface area contributed by atoms with Crippen molar-refractivity contribution in [3.8, 4) is 11.4 Å². The van der Waals surface area contributed by atoms with Gasteiger partial charge in [0.05, 0.1) is 0 Å². The normalized spacial score (nSPS) is 11.8. The summed E-state index contributed by atoms with van der Waals surface area (Å²) in [7, 11) is 0. The van der Waals surface area contributed by atoms with Crippen LogP contribution in [0.4, 0.5) is 5.69 Å². The second-order valence-corrected chi connectivity index (χ2v) is 6.37. The number of primary amides is 1. The fourth-order valence-corrected chi connectivity index (χ4v) is 2.67. The highest BCUT2D eigenvalue weighted by Gasteiger charge is 2.19. The van der Waals surface area contributed by atoms with Crippen molar-refractivity contribution in [1.29, 1.82) is 0 Å². The number of halogens is 1. The zero-order valence-electron chi connectivity index (χ0n) is 13.8. The maximum absolute atomic E-state index is 12.4. The highest BCUT2D eigenvalue weighted by atomic mass is 79.9. The lowest BCUT2D eigenvalue weighted by molar-refractivity contribution is -0.119. The molecule has 0 saturated carbocycles. The van der Waals surface area contributed by atoms with Gasteiger partial charge in [-0.15, -0.1) is 10.2 Å². The topological polar surface area (TPSA) is 116 Å². The molecule has 0 spiro atoms. The summed E-state index contributed by atoms with van der Waals surface area (Å²) in [5.74, 6) is -0.418. The Labute approximate surface area is 157 Å². The molecule has 2 aromatic carbocycles. The number of aromatic nitrogens is 4. The standard InChI is InChI=1S/C17H15BrN6O2/c1-10(17(26)20-12-8-6-11(7-9-12)15(19)25)24-22-16(21-23-24)13-4-2-3-5-14(13)18/h2-10H,1H3,(H2,19,25)(H,20,26)/t10-/m0/s1. The summed E-state index contributed by atoms with van der Waals surface area (Å²) >= 11 is 3.44. The molecular weight excluding hydrogens is 400 g/mol. The third-order valence-electron chi connectivity index (χ3n) is 3.71. The maximum Gasteiger partial charge on any atom is 0.250 e. The van der Waals surface area contributed by atoms with Gasteiger partial charge in [0.2, 0.25) is 11.7 Å². The zero-order chi connectivity index (χ0) is 18.7. The molecule has 0 unspecified atom stereocenters. The Bertz CT molecular complexity index is 954.